The molecule has 0 fully saturated rings. The number of phenolic OH excluding ortho intramolecular Hbond substituents is 1. The second-order valence-electron chi connectivity index (χ2n) is 6.38. The monoisotopic (exact) mass is 336 g/mol. The zero-order valence-electron chi connectivity index (χ0n) is 13.6. The molecule has 0 spiro atoms. The highest BCUT2D eigenvalue weighted by Crippen LogP contribution is 2.49. The quantitative estimate of drug-likeness (QED) is 0.736. The molecular weight excluding hydrogens is 316 g/mol. The third-order valence-electron chi connectivity index (χ3n) is 4.80. The Morgan fingerprint density at radius 2 is 1.91 bits per heavy atom. The van der Waals surface area contributed by atoms with Crippen LogP contribution in [0.1, 0.15) is 45.4 Å². The van der Waals surface area contributed by atoms with Gasteiger partial charge in [0.2, 0.25) is 0 Å². The predicted octanol–water partition coefficient (Wildman–Crippen LogP) is 5.58. The van der Waals surface area contributed by atoms with Crippen LogP contribution in [0.15, 0.2) is 6.07 Å². The molecule has 0 bridgehead atoms. The van der Waals surface area contributed by atoms with E-state index in [1.807, 2.05) is 25.2 Å². The summed E-state index contributed by atoms with van der Waals surface area (Å²) >= 11 is 8.14. The lowest BCUT2D eigenvalue weighted by Gasteiger charge is -2.38. The molecule has 0 radical (unpaired) electrons. The lowest BCUT2D eigenvalue weighted by Crippen LogP contribution is -2.34. The first-order valence-corrected chi connectivity index (χ1v) is 8.71. The van der Waals surface area contributed by atoms with Gasteiger partial charge in [-0.3, -0.25) is 0 Å². The van der Waals surface area contributed by atoms with Gasteiger partial charge in [0.1, 0.15) is 17.1 Å². The van der Waals surface area contributed by atoms with Crippen molar-refractivity contribution in [2.45, 2.75) is 53.1 Å². The molecule has 0 amide bonds. The first-order valence-electron chi connectivity index (χ1n) is 7.51. The van der Waals surface area contributed by atoms with Crippen molar-refractivity contribution >= 4 is 22.9 Å². The SMILES string of the molecule is Cc1cc(C2(C)CCc3c(Cl)c(O)c(C)c(C)c3O2)c(C)s1. The summed E-state index contributed by atoms with van der Waals surface area (Å²) in [5.41, 5.74) is 3.64. The van der Waals surface area contributed by atoms with E-state index in [1.54, 1.807) is 0 Å². The molecule has 1 aromatic carbocycles. The molecule has 0 aliphatic carbocycles. The Balaban J connectivity index is 2.13. The van der Waals surface area contributed by atoms with Crippen molar-refractivity contribution in [3.8, 4) is 11.5 Å². The van der Waals surface area contributed by atoms with E-state index in [0.29, 0.717) is 5.02 Å². The van der Waals surface area contributed by atoms with Crippen LogP contribution in [0.4, 0.5) is 0 Å². The summed E-state index contributed by atoms with van der Waals surface area (Å²) < 4.78 is 6.46. The van der Waals surface area contributed by atoms with Gasteiger partial charge in [-0.15, -0.1) is 11.3 Å². The fourth-order valence-electron chi connectivity index (χ4n) is 3.33. The summed E-state index contributed by atoms with van der Waals surface area (Å²) in [5.74, 6) is 1.03. The molecule has 118 valence electrons. The van der Waals surface area contributed by atoms with Gasteiger partial charge in [-0.1, -0.05) is 11.6 Å². The van der Waals surface area contributed by atoms with Crippen molar-refractivity contribution in [3.63, 3.8) is 0 Å². The van der Waals surface area contributed by atoms with E-state index in [0.717, 1.165) is 35.3 Å². The molecule has 1 aromatic heterocycles. The van der Waals surface area contributed by atoms with Crippen LogP contribution in [-0.2, 0) is 12.0 Å². The third-order valence-corrected chi connectivity index (χ3v) is 6.17. The topological polar surface area (TPSA) is 29.5 Å². The average molecular weight is 337 g/mol. The van der Waals surface area contributed by atoms with E-state index in [1.165, 1.54) is 15.3 Å². The maximum Gasteiger partial charge on any atom is 0.137 e. The zero-order valence-corrected chi connectivity index (χ0v) is 15.2. The van der Waals surface area contributed by atoms with Gasteiger partial charge in [0.15, 0.2) is 0 Å². The summed E-state index contributed by atoms with van der Waals surface area (Å²) in [4.78, 5) is 2.61. The summed E-state index contributed by atoms with van der Waals surface area (Å²) in [5, 5.41) is 10.6. The van der Waals surface area contributed by atoms with E-state index >= 15 is 0 Å². The second kappa shape index (κ2) is 5.17. The van der Waals surface area contributed by atoms with Crippen LogP contribution in [-0.4, -0.2) is 5.11 Å². The molecule has 1 aliphatic heterocycles. The summed E-state index contributed by atoms with van der Waals surface area (Å²) in [6, 6.07) is 2.23. The van der Waals surface area contributed by atoms with Gasteiger partial charge in [-0.25, -0.2) is 0 Å². The number of aryl methyl sites for hydroxylation is 2. The number of halogens is 1. The molecule has 1 unspecified atom stereocenters. The summed E-state index contributed by atoms with van der Waals surface area (Å²) in [6.07, 6.45) is 1.67. The Hall–Kier alpha value is -1.19. The fourth-order valence-corrected chi connectivity index (χ4v) is 4.69. The Bertz CT molecular complexity index is 763. The zero-order chi connectivity index (χ0) is 16.2. The van der Waals surface area contributed by atoms with E-state index in [9.17, 15) is 5.11 Å². The number of rotatable bonds is 1. The summed E-state index contributed by atoms with van der Waals surface area (Å²) in [7, 11) is 0. The molecule has 2 aromatic rings. The van der Waals surface area contributed by atoms with Crippen molar-refractivity contribution in [2.24, 2.45) is 0 Å². The highest BCUT2D eigenvalue weighted by atomic mass is 35.5. The van der Waals surface area contributed by atoms with E-state index in [4.69, 9.17) is 16.3 Å². The maximum atomic E-state index is 10.2. The van der Waals surface area contributed by atoms with Gasteiger partial charge >= 0.3 is 0 Å². The van der Waals surface area contributed by atoms with Crippen molar-refractivity contribution in [2.75, 3.05) is 0 Å². The molecular formula is C18H21ClO2S. The Morgan fingerprint density at radius 3 is 2.50 bits per heavy atom. The van der Waals surface area contributed by atoms with Crippen LogP contribution in [0.5, 0.6) is 11.5 Å². The molecule has 3 rings (SSSR count). The maximum absolute atomic E-state index is 10.2. The van der Waals surface area contributed by atoms with Crippen LogP contribution >= 0.6 is 22.9 Å². The minimum Gasteiger partial charge on any atom is -0.506 e. The number of hydrogen-bond donors (Lipinski definition) is 1. The number of fused-ring (bicyclic) bond motifs is 1. The lowest BCUT2D eigenvalue weighted by molar-refractivity contribution is 0.0613. The molecule has 1 aliphatic rings. The number of benzene rings is 1. The summed E-state index contributed by atoms with van der Waals surface area (Å²) in [6.45, 7) is 10.3. The Morgan fingerprint density at radius 1 is 1.23 bits per heavy atom. The number of ether oxygens (including phenoxy) is 1. The van der Waals surface area contributed by atoms with Crippen molar-refractivity contribution in [3.05, 3.63) is 43.1 Å². The number of thiophene rings is 1. The highest BCUT2D eigenvalue weighted by molar-refractivity contribution is 7.12. The third kappa shape index (κ3) is 2.22. The molecule has 4 heteroatoms. The van der Waals surface area contributed by atoms with Gasteiger partial charge in [0.05, 0.1) is 5.02 Å². The van der Waals surface area contributed by atoms with E-state index in [-0.39, 0.29) is 11.4 Å². The Kier molecular flexibility index (Phi) is 3.69. The molecule has 0 saturated carbocycles. The first kappa shape index (κ1) is 15.7. The second-order valence-corrected chi connectivity index (χ2v) is 8.22. The van der Waals surface area contributed by atoms with E-state index in [2.05, 4.69) is 26.8 Å². The lowest BCUT2D eigenvalue weighted by atomic mass is 9.85. The minimum atomic E-state index is -0.334. The molecule has 22 heavy (non-hydrogen) atoms. The Labute approximate surface area is 140 Å². The van der Waals surface area contributed by atoms with Gasteiger partial charge < -0.3 is 9.84 Å². The number of hydrogen-bond acceptors (Lipinski definition) is 3. The van der Waals surface area contributed by atoms with Gasteiger partial charge in [0.25, 0.3) is 0 Å². The largest absolute Gasteiger partial charge is 0.506 e. The normalized spacial score (nSPS) is 20.6. The van der Waals surface area contributed by atoms with Crippen LogP contribution < -0.4 is 4.74 Å². The standard InChI is InChI=1S/C18H21ClO2S/c1-9-8-14(12(4)22-9)18(5)7-6-13-15(19)16(20)10(2)11(3)17(13)21-18/h8,20H,6-7H2,1-5H3. The molecule has 2 nitrogen and oxygen atoms in total. The van der Waals surface area contributed by atoms with Crippen LogP contribution in [0.3, 0.4) is 0 Å². The minimum absolute atomic E-state index is 0.188. The highest BCUT2D eigenvalue weighted by Gasteiger charge is 2.38. The fraction of sp³-hybridized carbons (Fsp3) is 0.444. The smallest absolute Gasteiger partial charge is 0.137 e. The van der Waals surface area contributed by atoms with E-state index < -0.39 is 0 Å². The van der Waals surface area contributed by atoms with Crippen molar-refractivity contribution < 1.29 is 9.84 Å². The van der Waals surface area contributed by atoms with Crippen LogP contribution in [0.25, 0.3) is 0 Å². The van der Waals surface area contributed by atoms with Crippen LogP contribution in [0.2, 0.25) is 5.02 Å². The number of phenols is 1. The van der Waals surface area contributed by atoms with Crippen molar-refractivity contribution in [1.82, 2.24) is 0 Å². The number of aromatic hydroxyl groups is 1. The molecule has 1 N–H and O–H groups in total. The van der Waals surface area contributed by atoms with Gasteiger partial charge in [-0.2, -0.15) is 0 Å². The molecule has 2 heterocycles. The van der Waals surface area contributed by atoms with Gasteiger partial charge in [-0.05, 0) is 64.7 Å². The average Bonchev–Trinajstić information content (AvgIpc) is 2.82. The predicted molar refractivity (Wildman–Crippen MR) is 92.7 cm³/mol. The van der Waals surface area contributed by atoms with Crippen molar-refractivity contribution in [1.29, 1.82) is 0 Å². The van der Waals surface area contributed by atoms with Crippen LogP contribution in [0, 0.1) is 27.7 Å². The molecule has 0 saturated heterocycles. The van der Waals surface area contributed by atoms with Gasteiger partial charge in [0, 0.05) is 20.9 Å². The first-order chi connectivity index (χ1) is 10.2. The molecule has 1 atom stereocenters.